The first-order valence-electron chi connectivity index (χ1n) is 2.84. The van der Waals surface area contributed by atoms with Gasteiger partial charge in [-0.3, -0.25) is 0 Å². The summed E-state index contributed by atoms with van der Waals surface area (Å²) in [6.07, 6.45) is 0. The van der Waals surface area contributed by atoms with E-state index in [0.717, 1.165) is 0 Å². The van der Waals surface area contributed by atoms with Gasteiger partial charge in [0.2, 0.25) is 0 Å². The number of rotatable bonds is 3. The average Bonchev–Trinajstić information content (AvgIpc) is 2.02. The minimum atomic E-state index is -3.17. The largest absolute Gasteiger partial charge is 0.676 e. The molecule has 0 aromatic carbocycles. The van der Waals surface area contributed by atoms with Gasteiger partial charge in [-0.2, -0.15) is 0 Å². The van der Waals surface area contributed by atoms with Crippen molar-refractivity contribution in [2.24, 2.45) is 0 Å². The molecule has 0 bridgehead atoms. The molecule has 0 rings (SSSR count). The molecule has 0 aliphatic rings. The maximum Gasteiger partial charge on any atom is 0.676 e. The predicted octanol–water partition coefficient (Wildman–Crippen LogP) is -2.70. The summed E-state index contributed by atoms with van der Waals surface area (Å²) < 4.78 is 13.5. The zero-order valence-electron chi connectivity index (χ0n) is 7.09. The molecule has 9 heteroatoms. The standard InChI is InChI=1S/C3H10O4Si.BH3O3/c1-5-8(4,6-2)7-3;2-1(3)4/h4H,1-3H3;2-4H. The van der Waals surface area contributed by atoms with Crippen LogP contribution in [-0.2, 0) is 13.3 Å². The molecule has 4 N–H and O–H groups in total. The lowest BCUT2D eigenvalue weighted by atomic mass is 10.3. The van der Waals surface area contributed by atoms with E-state index in [4.69, 9.17) is 19.9 Å². The van der Waals surface area contributed by atoms with Gasteiger partial charge in [-0.15, -0.1) is 0 Å². The van der Waals surface area contributed by atoms with E-state index in [0.29, 0.717) is 0 Å². The van der Waals surface area contributed by atoms with Gasteiger partial charge in [0.1, 0.15) is 0 Å². The van der Waals surface area contributed by atoms with Crippen LogP contribution in [0.15, 0.2) is 0 Å². The smallest absolute Gasteiger partial charge is 0.402 e. The van der Waals surface area contributed by atoms with Gasteiger partial charge in [-0.1, -0.05) is 0 Å². The first-order chi connectivity index (χ1) is 5.41. The molecule has 0 saturated carbocycles. The minimum absolute atomic E-state index is 1.33. The molecular formula is C3H13BO7Si. The van der Waals surface area contributed by atoms with Gasteiger partial charge in [0.15, 0.2) is 0 Å². The third-order valence-electron chi connectivity index (χ3n) is 0.774. The molecule has 0 aliphatic carbocycles. The Morgan fingerprint density at radius 2 is 1.08 bits per heavy atom. The van der Waals surface area contributed by atoms with Crippen molar-refractivity contribution in [3.05, 3.63) is 0 Å². The van der Waals surface area contributed by atoms with E-state index in [1.807, 2.05) is 0 Å². The Balaban J connectivity index is 0. The van der Waals surface area contributed by atoms with E-state index in [-0.39, 0.29) is 0 Å². The summed E-state index contributed by atoms with van der Waals surface area (Å²) in [6.45, 7) is 0. The van der Waals surface area contributed by atoms with Crippen LogP contribution in [0.3, 0.4) is 0 Å². The van der Waals surface area contributed by atoms with Crippen LogP contribution < -0.4 is 0 Å². The Hall–Kier alpha value is 0.00182. The quantitative estimate of drug-likeness (QED) is 0.367. The normalized spacial score (nSPS) is 10.2. The van der Waals surface area contributed by atoms with Gasteiger partial charge in [0.05, 0.1) is 0 Å². The molecule has 0 spiro atoms. The summed E-state index contributed by atoms with van der Waals surface area (Å²) in [5.74, 6) is 0. The van der Waals surface area contributed by atoms with Crippen molar-refractivity contribution in [3.63, 3.8) is 0 Å². The molecule has 7 nitrogen and oxygen atoms in total. The molecule has 0 aromatic rings. The molecule has 0 atom stereocenters. The summed E-state index contributed by atoms with van der Waals surface area (Å²) in [6, 6.07) is 0. The molecular weight excluding hydrogens is 187 g/mol. The highest BCUT2D eigenvalue weighted by Crippen LogP contribution is 1.97. The second kappa shape index (κ2) is 7.64. The fraction of sp³-hybridized carbons (Fsp3) is 1.00. The van der Waals surface area contributed by atoms with E-state index in [1.54, 1.807) is 0 Å². The van der Waals surface area contributed by atoms with Gasteiger partial charge in [0, 0.05) is 21.3 Å². The maximum atomic E-state index is 8.91. The van der Waals surface area contributed by atoms with Crippen molar-refractivity contribution in [1.82, 2.24) is 0 Å². The van der Waals surface area contributed by atoms with Crippen molar-refractivity contribution in [1.29, 1.82) is 0 Å². The Morgan fingerprint density at radius 1 is 0.917 bits per heavy atom. The van der Waals surface area contributed by atoms with Crippen LogP contribution in [0.2, 0.25) is 0 Å². The molecule has 0 saturated heterocycles. The molecule has 0 radical (unpaired) electrons. The lowest BCUT2D eigenvalue weighted by Crippen LogP contribution is -2.42. The topological polar surface area (TPSA) is 109 Å². The van der Waals surface area contributed by atoms with Crippen LogP contribution in [0.5, 0.6) is 0 Å². The molecule has 12 heavy (non-hydrogen) atoms. The molecule has 0 heterocycles. The highest BCUT2D eigenvalue weighted by atomic mass is 28.4. The van der Waals surface area contributed by atoms with Crippen LogP contribution in [-0.4, -0.2) is 57.6 Å². The zero-order chi connectivity index (χ0) is 10.2. The van der Waals surface area contributed by atoms with Gasteiger partial charge in [0.25, 0.3) is 0 Å². The van der Waals surface area contributed by atoms with Crippen LogP contribution >= 0.6 is 0 Å². The van der Waals surface area contributed by atoms with Crippen LogP contribution in [0, 0.1) is 0 Å². The van der Waals surface area contributed by atoms with Crippen molar-refractivity contribution in [3.8, 4) is 0 Å². The Morgan fingerprint density at radius 3 is 1.08 bits per heavy atom. The van der Waals surface area contributed by atoms with E-state index in [1.165, 1.54) is 21.3 Å². The van der Waals surface area contributed by atoms with Crippen LogP contribution in [0.25, 0.3) is 0 Å². The van der Waals surface area contributed by atoms with Crippen molar-refractivity contribution in [2.45, 2.75) is 0 Å². The average molecular weight is 200 g/mol. The van der Waals surface area contributed by atoms with Crippen molar-refractivity contribution < 1.29 is 33.1 Å². The van der Waals surface area contributed by atoms with E-state index in [2.05, 4.69) is 13.3 Å². The first-order valence-corrected chi connectivity index (χ1v) is 4.51. The fourth-order valence-corrected chi connectivity index (χ4v) is 0.750. The number of hydrogen-bond acceptors (Lipinski definition) is 7. The molecule has 0 aliphatic heterocycles. The van der Waals surface area contributed by atoms with Crippen molar-refractivity contribution >= 4 is 16.4 Å². The van der Waals surface area contributed by atoms with E-state index < -0.39 is 16.4 Å². The summed E-state index contributed by atoms with van der Waals surface area (Å²) in [4.78, 5) is 8.91. The molecule has 0 amide bonds. The summed E-state index contributed by atoms with van der Waals surface area (Å²) in [7, 11) is -1.34. The second-order valence-electron chi connectivity index (χ2n) is 1.48. The molecule has 0 fully saturated rings. The van der Waals surface area contributed by atoms with E-state index >= 15 is 0 Å². The van der Waals surface area contributed by atoms with Gasteiger partial charge in [-0.25, -0.2) is 0 Å². The highest BCUT2D eigenvalue weighted by Gasteiger charge is 2.36. The fourth-order valence-electron chi connectivity index (χ4n) is 0.250. The Labute approximate surface area is 71.8 Å². The minimum Gasteiger partial charge on any atom is -0.402 e. The number of hydrogen-bond donors (Lipinski definition) is 4. The summed E-state index contributed by atoms with van der Waals surface area (Å²) >= 11 is 0. The first kappa shape index (κ1) is 14.5. The molecule has 0 aromatic heterocycles. The highest BCUT2D eigenvalue weighted by molar-refractivity contribution is 6.51. The monoisotopic (exact) mass is 200 g/mol. The third kappa shape index (κ3) is 10.0. The van der Waals surface area contributed by atoms with Gasteiger partial charge in [-0.05, 0) is 0 Å². The Kier molecular flexibility index (Phi) is 9.25. The predicted molar refractivity (Wildman–Crippen MR) is 41.4 cm³/mol. The van der Waals surface area contributed by atoms with E-state index in [9.17, 15) is 0 Å². The lowest BCUT2D eigenvalue weighted by Gasteiger charge is -2.14. The maximum absolute atomic E-state index is 8.91. The van der Waals surface area contributed by atoms with Crippen molar-refractivity contribution in [2.75, 3.05) is 21.3 Å². The van der Waals surface area contributed by atoms with Gasteiger partial charge < -0.3 is 33.1 Å². The molecule has 74 valence electrons. The second-order valence-corrected chi connectivity index (χ2v) is 3.76. The van der Waals surface area contributed by atoms with Crippen LogP contribution in [0.1, 0.15) is 0 Å². The summed E-state index contributed by atoms with van der Waals surface area (Å²) in [5.41, 5.74) is 0. The third-order valence-corrected chi connectivity index (χ3v) is 2.32. The summed E-state index contributed by atoms with van der Waals surface area (Å²) in [5, 5.41) is 21.5. The zero-order valence-corrected chi connectivity index (χ0v) is 8.09. The Bertz CT molecular complexity index is 85.6. The SMILES string of the molecule is CO[Si](O)(OC)OC.OB(O)O. The molecule has 0 unspecified atom stereocenters. The van der Waals surface area contributed by atoms with Crippen LogP contribution in [0.4, 0.5) is 0 Å². The lowest BCUT2D eigenvalue weighted by molar-refractivity contribution is 0.0418. The van der Waals surface area contributed by atoms with Gasteiger partial charge >= 0.3 is 16.4 Å².